The SMILES string of the molecule is COc1cc(C(=O)N2C[C@H](N)CC[C@H]2C)cc2nc(-c3cc4ccc(C(C)NC(=O)C56CC(F)(C5)C6)nc4n3CC3CC3)c(C)n12. The van der Waals surface area contributed by atoms with E-state index in [4.69, 9.17) is 20.4 Å². The maximum absolute atomic E-state index is 14.1. The second-order valence-corrected chi connectivity index (χ2v) is 14.6. The Morgan fingerprint density at radius 1 is 1.13 bits per heavy atom. The van der Waals surface area contributed by atoms with Gasteiger partial charge in [0.15, 0.2) is 5.88 Å². The third-order valence-electron chi connectivity index (χ3n) is 10.9. The molecule has 4 saturated carbocycles. The van der Waals surface area contributed by atoms with Crippen molar-refractivity contribution in [2.75, 3.05) is 13.7 Å². The lowest BCUT2D eigenvalue weighted by atomic mass is 9.42. The summed E-state index contributed by atoms with van der Waals surface area (Å²) in [6, 6.07) is 9.57. The largest absolute Gasteiger partial charge is 0.482 e. The van der Waals surface area contributed by atoms with Gasteiger partial charge in [-0.15, -0.1) is 0 Å². The number of likely N-dealkylation sites (tertiary alicyclic amines) is 1. The lowest BCUT2D eigenvalue weighted by molar-refractivity contribution is -0.214. The molecular formula is C35H42FN7O3. The van der Waals surface area contributed by atoms with Crippen molar-refractivity contribution in [3.05, 3.63) is 47.3 Å². The van der Waals surface area contributed by atoms with E-state index in [2.05, 4.69) is 28.9 Å². The second-order valence-electron chi connectivity index (χ2n) is 14.6. The number of imidazole rings is 1. The van der Waals surface area contributed by atoms with E-state index in [0.717, 1.165) is 53.2 Å². The number of nitrogens with two attached hydrogens (primary N) is 1. The molecule has 3 N–H and O–H groups in total. The first-order valence-corrected chi connectivity index (χ1v) is 16.6. The summed E-state index contributed by atoms with van der Waals surface area (Å²) in [5, 5.41) is 4.10. The predicted octanol–water partition coefficient (Wildman–Crippen LogP) is 5.10. The van der Waals surface area contributed by atoms with Crippen LogP contribution in [0.5, 0.6) is 5.88 Å². The van der Waals surface area contributed by atoms with E-state index in [-0.39, 0.29) is 29.9 Å². The van der Waals surface area contributed by atoms with Gasteiger partial charge < -0.3 is 25.3 Å². The number of alkyl halides is 1. The van der Waals surface area contributed by atoms with Crippen molar-refractivity contribution in [3.8, 4) is 17.3 Å². The Bertz CT molecular complexity index is 1890. The zero-order chi connectivity index (χ0) is 32.1. The lowest BCUT2D eigenvalue weighted by Gasteiger charge is -2.64. The number of rotatable bonds is 8. The molecule has 5 fully saturated rings. The number of aryl methyl sites for hydroxylation is 1. The first-order chi connectivity index (χ1) is 22.0. The quantitative estimate of drug-likeness (QED) is 0.281. The predicted molar refractivity (Wildman–Crippen MR) is 172 cm³/mol. The molecule has 9 rings (SSSR count). The fourth-order valence-corrected chi connectivity index (χ4v) is 8.03. The highest BCUT2D eigenvalue weighted by Gasteiger charge is 2.72. The summed E-state index contributed by atoms with van der Waals surface area (Å²) in [4.78, 5) is 38.7. The first kappa shape index (κ1) is 29.4. The number of hydrogen-bond donors (Lipinski definition) is 2. The van der Waals surface area contributed by atoms with Gasteiger partial charge in [0.25, 0.3) is 5.91 Å². The molecule has 242 valence electrons. The number of halogens is 1. The van der Waals surface area contributed by atoms with Crippen molar-refractivity contribution in [1.29, 1.82) is 0 Å². The highest BCUT2D eigenvalue weighted by Crippen LogP contribution is 2.69. The van der Waals surface area contributed by atoms with Gasteiger partial charge in [0.1, 0.15) is 22.7 Å². The molecule has 0 spiro atoms. The summed E-state index contributed by atoms with van der Waals surface area (Å²) in [5.74, 6) is 0.983. The minimum Gasteiger partial charge on any atom is -0.482 e. The van der Waals surface area contributed by atoms with E-state index in [1.807, 2.05) is 35.3 Å². The van der Waals surface area contributed by atoms with Crippen molar-refractivity contribution < 1.29 is 18.7 Å². The molecule has 46 heavy (non-hydrogen) atoms. The summed E-state index contributed by atoms with van der Waals surface area (Å²) in [6.45, 7) is 7.38. The van der Waals surface area contributed by atoms with Crippen LogP contribution in [0.15, 0.2) is 30.3 Å². The molecule has 4 aromatic rings. The van der Waals surface area contributed by atoms with Crippen molar-refractivity contribution in [1.82, 2.24) is 29.2 Å². The molecule has 10 nitrogen and oxygen atoms in total. The van der Waals surface area contributed by atoms with E-state index in [1.165, 1.54) is 12.8 Å². The van der Waals surface area contributed by atoms with Crippen LogP contribution >= 0.6 is 0 Å². The number of pyridine rings is 2. The van der Waals surface area contributed by atoms with Gasteiger partial charge in [-0.1, -0.05) is 0 Å². The third kappa shape index (κ3) is 4.60. The zero-order valence-corrected chi connectivity index (χ0v) is 27.0. The smallest absolute Gasteiger partial charge is 0.254 e. The molecule has 0 aromatic carbocycles. The Labute approximate surface area is 267 Å². The number of fused-ring (bicyclic) bond motifs is 2. The normalized spacial score (nSPS) is 27.7. The van der Waals surface area contributed by atoms with Crippen LogP contribution in [0, 0.1) is 18.3 Å². The summed E-state index contributed by atoms with van der Waals surface area (Å²) in [6.07, 6.45) is 5.15. The Morgan fingerprint density at radius 2 is 1.89 bits per heavy atom. The molecule has 1 aliphatic heterocycles. The number of methoxy groups -OCH3 is 1. The number of hydrogen-bond acceptors (Lipinski definition) is 6. The van der Waals surface area contributed by atoms with Crippen LogP contribution in [0.2, 0.25) is 0 Å². The van der Waals surface area contributed by atoms with Crippen LogP contribution in [-0.2, 0) is 11.3 Å². The van der Waals surface area contributed by atoms with E-state index in [0.29, 0.717) is 48.8 Å². The van der Waals surface area contributed by atoms with Gasteiger partial charge in [-0.2, -0.15) is 0 Å². The summed E-state index contributed by atoms with van der Waals surface area (Å²) >= 11 is 0. The van der Waals surface area contributed by atoms with Crippen LogP contribution in [0.25, 0.3) is 28.1 Å². The molecule has 11 heteroatoms. The number of carbonyl (C=O) groups is 2. The van der Waals surface area contributed by atoms with Gasteiger partial charge in [-0.25, -0.2) is 14.4 Å². The number of ether oxygens (including phenoxy) is 1. The van der Waals surface area contributed by atoms with Crippen LogP contribution in [0.3, 0.4) is 0 Å². The molecule has 1 saturated heterocycles. The van der Waals surface area contributed by atoms with Gasteiger partial charge in [0.05, 0.1) is 35.6 Å². The summed E-state index contributed by atoms with van der Waals surface area (Å²) in [5.41, 5.74) is 10.0. The number of carbonyl (C=O) groups excluding carboxylic acids is 2. The van der Waals surface area contributed by atoms with Crippen LogP contribution < -0.4 is 15.8 Å². The molecule has 0 radical (unpaired) electrons. The van der Waals surface area contributed by atoms with Crippen molar-refractivity contribution in [2.45, 2.75) is 96.1 Å². The van der Waals surface area contributed by atoms with E-state index in [1.54, 1.807) is 13.2 Å². The fraction of sp³-hybridized carbons (Fsp3) is 0.543. The number of nitrogens with one attached hydrogen (secondary N) is 1. The second kappa shape index (κ2) is 10.3. The number of nitrogens with zero attached hydrogens (tertiary/aromatic N) is 5. The number of amides is 2. The molecule has 2 bridgehead atoms. The minimum atomic E-state index is -1.12. The molecule has 4 aromatic heterocycles. The van der Waals surface area contributed by atoms with Gasteiger partial charge in [-0.3, -0.25) is 14.0 Å². The zero-order valence-electron chi connectivity index (χ0n) is 27.0. The highest BCUT2D eigenvalue weighted by molar-refractivity contribution is 5.96. The van der Waals surface area contributed by atoms with Crippen LogP contribution in [0.4, 0.5) is 4.39 Å². The van der Waals surface area contributed by atoms with E-state index in [9.17, 15) is 14.0 Å². The standard InChI is InChI=1S/C35H42FN7O3/c1-19-5-9-25(37)15-41(19)32(44)24-12-28-40-30(21(3)43(28)29(13-24)46-4)27-11-23-8-10-26(39-31(23)42(27)14-22-6-7-22)20(2)38-33(45)34-16-35(36,17-34)18-34/h8,10-13,19-20,22,25H,5-7,9,14-18,37H2,1-4H3,(H,38,45)/t19-,20?,25-,34?,35?/m1/s1. The summed E-state index contributed by atoms with van der Waals surface area (Å²) < 4.78 is 24.1. The summed E-state index contributed by atoms with van der Waals surface area (Å²) in [7, 11) is 1.61. The fourth-order valence-electron chi connectivity index (χ4n) is 8.03. The first-order valence-electron chi connectivity index (χ1n) is 16.6. The molecule has 5 aliphatic rings. The Morgan fingerprint density at radius 3 is 2.59 bits per heavy atom. The Kier molecular flexibility index (Phi) is 6.56. The highest BCUT2D eigenvalue weighted by atomic mass is 19.1. The van der Waals surface area contributed by atoms with Crippen LogP contribution in [-0.4, -0.2) is 67.1 Å². The van der Waals surface area contributed by atoms with Crippen molar-refractivity contribution in [3.63, 3.8) is 0 Å². The van der Waals surface area contributed by atoms with E-state index < -0.39 is 11.1 Å². The third-order valence-corrected chi connectivity index (χ3v) is 10.9. The topological polar surface area (TPSA) is 120 Å². The Hall–Kier alpha value is -3.99. The molecular weight excluding hydrogens is 585 g/mol. The molecule has 4 aliphatic carbocycles. The minimum absolute atomic E-state index is 0.0234. The van der Waals surface area contributed by atoms with E-state index >= 15 is 0 Å². The van der Waals surface area contributed by atoms with Gasteiger partial charge in [-0.05, 0) is 95.9 Å². The number of aromatic nitrogens is 4. The maximum Gasteiger partial charge on any atom is 0.254 e. The number of piperidine rings is 1. The average Bonchev–Trinajstić information content (AvgIpc) is 3.68. The van der Waals surface area contributed by atoms with Crippen molar-refractivity contribution >= 4 is 28.5 Å². The molecule has 1 unspecified atom stereocenters. The molecule has 2 amide bonds. The Balaban J connectivity index is 1.16. The lowest BCUT2D eigenvalue weighted by Crippen LogP contribution is -2.70. The van der Waals surface area contributed by atoms with Gasteiger partial charge in [0, 0.05) is 42.2 Å². The molecule has 5 heterocycles. The average molecular weight is 628 g/mol. The van der Waals surface area contributed by atoms with Crippen LogP contribution in [0.1, 0.15) is 86.6 Å². The van der Waals surface area contributed by atoms with Gasteiger partial charge >= 0.3 is 0 Å². The monoisotopic (exact) mass is 627 g/mol. The molecule has 3 atom stereocenters. The van der Waals surface area contributed by atoms with Crippen molar-refractivity contribution in [2.24, 2.45) is 17.1 Å². The maximum atomic E-state index is 14.1. The van der Waals surface area contributed by atoms with Gasteiger partial charge in [0.2, 0.25) is 5.91 Å².